The molecule has 2 aliphatic rings. The van der Waals surface area contributed by atoms with Crippen molar-refractivity contribution in [3.8, 4) is 0 Å². The maximum atomic E-state index is 11.9. The van der Waals surface area contributed by atoms with Crippen LogP contribution < -0.4 is 5.32 Å². The molecule has 2 heterocycles. The van der Waals surface area contributed by atoms with Gasteiger partial charge in [-0.15, -0.1) is 0 Å². The Labute approximate surface area is 106 Å². The van der Waals surface area contributed by atoms with Gasteiger partial charge in [-0.05, 0) is 20.8 Å². The van der Waals surface area contributed by atoms with Crippen LogP contribution in [0, 0.1) is 11.3 Å². The number of rotatable bonds is 1. The largest absolute Gasteiger partial charge is 0.481 e. The average Bonchev–Trinajstić information content (AvgIpc) is 2.69. The van der Waals surface area contributed by atoms with Crippen LogP contribution in [0.25, 0.3) is 0 Å². The second-order valence-corrected chi connectivity index (χ2v) is 6.15. The van der Waals surface area contributed by atoms with Gasteiger partial charge >= 0.3 is 12.1 Å². The Morgan fingerprint density at radius 2 is 2.11 bits per heavy atom. The summed E-state index contributed by atoms with van der Waals surface area (Å²) in [6, 6.07) is 0. The number of ether oxygens (including phenoxy) is 1. The topological polar surface area (TPSA) is 78.9 Å². The van der Waals surface area contributed by atoms with E-state index in [1.165, 1.54) is 4.90 Å². The van der Waals surface area contributed by atoms with E-state index in [4.69, 9.17) is 4.74 Å². The third-order valence-corrected chi connectivity index (χ3v) is 3.60. The molecule has 0 aromatic heterocycles. The highest BCUT2D eigenvalue weighted by molar-refractivity contribution is 5.79. The van der Waals surface area contributed by atoms with E-state index in [0.717, 1.165) is 0 Å². The number of amides is 1. The number of nitrogens with one attached hydrogen (secondary N) is 1. The van der Waals surface area contributed by atoms with Gasteiger partial charge in [0.1, 0.15) is 11.0 Å². The van der Waals surface area contributed by atoms with E-state index in [2.05, 4.69) is 5.32 Å². The average molecular weight is 256 g/mol. The first-order valence-electron chi connectivity index (χ1n) is 6.17. The minimum Gasteiger partial charge on any atom is -0.481 e. The molecule has 2 fully saturated rings. The molecule has 6 nitrogen and oxygen atoms in total. The third-order valence-electron chi connectivity index (χ3n) is 3.60. The Hall–Kier alpha value is -1.30. The van der Waals surface area contributed by atoms with Crippen LogP contribution in [0.3, 0.4) is 0 Å². The van der Waals surface area contributed by atoms with Gasteiger partial charge in [0, 0.05) is 32.1 Å². The quantitative estimate of drug-likeness (QED) is 0.715. The molecule has 2 aliphatic heterocycles. The van der Waals surface area contributed by atoms with Crippen molar-refractivity contribution in [3.05, 3.63) is 0 Å². The van der Waals surface area contributed by atoms with E-state index in [1.54, 1.807) is 20.8 Å². The second-order valence-electron chi connectivity index (χ2n) is 6.15. The molecule has 2 saturated heterocycles. The lowest BCUT2D eigenvalue weighted by atomic mass is 9.81. The fourth-order valence-electron chi connectivity index (χ4n) is 2.69. The number of aliphatic carboxylic acids is 1. The van der Waals surface area contributed by atoms with Gasteiger partial charge in [-0.2, -0.15) is 0 Å². The summed E-state index contributed by atoms with van der Waals surface area (Å²) in [7, 11) is 0. The molecule has 18 heavy (non-hydrogen) atoms. The summed E-state index contributed by atoms with van der Waals surface area (Å²) in [5.41, 5.74) is -1.39. The lowest BCUT2D eigenvalue weighted by Gasteiger charge is -2.26. The molecule has 6 heteroatoms. The van der Waals surface area contributed by atoms with Gasteiger partial charge in [0.25, 0.3) is 0 Å². The van der Waals surface area contributed by atoms with Gasteiger partial charge in [0.15, 0.2) is 0 Å². The Bertz CT molecular complexity index is 377. The Balaban J connectivity index is 2.08. The van der Waals surface area contributed by atoms with E-state index in [-0.39, 0.29) is 12.5 Å². The summed E-state index contributed by atoms with van der Waals surface area (Å²) in [6.07, 6.45) is -0.419. The lowest BCUT2D eigenvalue weighted by molar-refractivity contribution is -0.148. The number of carbonyl (C=O) groups is 2. The van der Waals surface area contributed by atoms with E-state index in [1.807, 2.05) is 0 Å². The monoisotopic (exact) mass is 256 g/mol. The molecule has 2 atom stereocenters. The second kappa shape index (κ2) is 4.12. The highest BCUT2D eigenvalue weighted by Gasteiger charge is 2.56. The van der Waals surface area contributed by atoms with Crippen molar-refractivity contribution in [1.29, 1.82) is 0 Å². The van der Waals surface area contributed by atoms with Gasteiger partial charge in [-0.1, -0.05) is 0 Å². The van der Waals surface area contributed by atoms with Crippen molar-refractivity contribution in [2.24, 2.45) is 11.3 Å². The first kappa shape index (κ1) is 13.1. The van der Waals surface area contributed by atoms with Crippen LogP contribution in [-0.4, -0.2) is 53.8 Å². The highest BCUT2D eigenvalue weighted by atomic mass is 16.6. The summed E-state index contributed by atoms with van der Waals surface area (Å²) >= 11 is 0. The molecule has 2 rings (SSSR count). The molecule has 0 saturated carbocycles. The molecule has 0 bridgehead atoms. The van der Waals surface area contributed by atoms with Crippen LogP contribution in [0.1, 0.15) is 20.8 Å². The van der Waals surface area contributed by atoms with Gasteiger partial charge < -0.3 is 20.1 Å². The summed E-state index contributed by atoms with van der Waals surface area (Å²) in [5.74, 6) is -0.855. The van der Waals surface area contributed by atoms with Crippen molar-refractivity contribution in [2.45, 2.75) is 26.4 Å². The van der Waals surface area contributed by atoms with Crippen molar-refractivity contribution < 1.29 is 19.4 Å². The Kier molecular flexibility index (Phi) is 3.01. The van der Waals surface area contributed by atoms with Crippen molar-refractivity contribution in [2.75, 3.05) is 26.2 Å². The van der Waals surface area contributed by atoms with E-state index in [9.17, 15) is 14.7 Å². The van der Waals surface area contributed by atoms with E-state index in [0.29, 0.717) is 19.6 Å². The zero-order chi connectivity index (χ0) is 13.6. The highest BCUT2D eigenvalue weighted by Crippen LogP contribution is 2.39. The van der Waals surface area contributed by atoms with Crippen LogP contribution in [0.15, 0.2) is 0 Å². The normalized spacial score (nSPS) is 31.3. The number of nitrogens with zero attached hydrogens (tertiary/aromatic N) is 1. The maximum Gasteiger partial charge on any atom is 0.410 e. The lowest BCUT2D eigenvalue weighted by Crippen LogP contribution is -2.42. The van der Waals surface area contributed by atoms with Crippen molar-refractivity contribution in [1.82, 2.24) is 10.2 Å². The Morgan fingerprint density at radius 1 is 1.44 bits per heavy atom. The molecule has 0 aromatic rings. The first-order valence-corrected chi connectivity index (χ1v) is 6.17. The molecular weight excluding hydrogens is 236 g/mol. The summed E-state index contributed by atoms with van der Waals surface area (Å²) in [6.45, 7) is 7.16. The summed E-state index contributed by atoms with van der Waals surface area (Å²) in [4.78, 5) is 24.9. The predicted molar refractivity (Wildman–Crippen MR) is 64.2 cm³/mol. The number of carbonyl (C=O) groups excluding carboxylic acids is 1. The Morgan fingerprint density at radius 3 is 2.61 bits per heavy atom. The van der Waals surface area contributed by atoms with Crippen LogP contribution >= 0.6 is 0 Å². The predicted octanol–water partition coefficient (Wildman–Crippen LogP) is 0.527. The minimum absolute atomic E-state index is 0.0254. The molecule has 1 amide bonds. The van der Waals surface area contributed by atoms with Gasteiger partial charge in [0.05, 0.1) is 0 Å². The standard InChI is InChI=1S/C12H20N2O4/c1-11(2,3)18-10(17)14-5-8-4-13-6-12(8,7-14)9(15)16/h8,13H,4-7H2,1-3H3,(H,15,16)/t8-,12+/m0/s1. The molecule has 2 N–H and O–H groups in total. The number of carboxylic acids is 1. The van der Waals surface area contributed by atoms with Gasteiger partial charge in [0.2, 0.25) is 0 Å². The van der Waals surface area contributed by atoms with E-state index >= 15 is 0 Å². The minimum atomic E-state index is -0.836. The van der Waals surface area contributed by atoms with Crippen LogP contribution in [-0.2, 0) is 9.53 Å². The summed E-state index contributed by atoms with van der Waals surface area (Å²) in [5, 5.41) is 12.5. The molecule has 102 valence electrons. The van der Waals surface area contributed by atoms with Gasteiger partial charge in [-0.3, -0.25) is 4.79 Å². The van der Waals surface area contributed by atoms with E-state index < -0.39 is 23.1 Å². The molecule has 0 spiro atoms. The number of hydrogen-bond acceptors (Lipinski definition) is 4. The van der Waals surface area contributed by atoms with Gasteiger partial charge in [-0.25, -0.2) is 4.79 Å². The van der Waals surface area contributed by atoms with Crippen LogP contribution in [0.4, 0.5) is 4.79 Å². The molecule has 0 aliphatic carbocycles. The van der Waals surface area contributed by atoms with Crippen LogP contribution in [0.2, 0.25) is 0 Å². The smallest absolute Gasteiger partial charge is 0.410 e. The van der Waals surface area contributed by atoms with Crippen LogP contribution in [0.5, 0.6) is 0 Å². The first-order chi connectivity index (χ1) is 8.24. The zero-order valence-corrected chi connectivity index (χ0v) is 11.0. The summed E-state index contributed by atoms with van der Waals surface area (Å²) < 4.78 is 5.29. The SMILES string of the molecule is CC(C)(C)OC(=O)N1C[C@@H]2CNC[C@@]2(C(=O)O)C1. The number of carboxylic acid groups (broad SMARTS) is 1. The molecular formula is C12H20N2O4. The van der Waals surface area contributed by atoms with Crippen molar-refractivity contribution in [3.63, 3.8) is 0 Å². The molecule has 0 aromatic carbocycles. The number of fused-ring (bicyclic) bond motifs is 1. The molecule has 0 unspecified atom stereocenters. The number of likely N-dealkylation sites (tertiary alicyclic amines) is 1. The number of hydrogen-bond donors (Lipinski definition) is 2. The zero-order valence-electron chi connectivity index (χ0n) is 11.0. The third kappa shape index (κ3) is 2.16. The fourth-order valence-corrected chi connectivity index (χ4v) is 2.69. The fraction of sp³-hybridized carbons (Fsp3) is 0.833. The maximum absolute atomic E-state index is 11.9. The van der Waals surface area contributed by atoms with Crippen molar-refractivity contribution >= 4 is 12.1 Å². The molecule has 0 radical (unpaired) electrons.